The number of benzene rings is 1. The average Bonchev–Trinajstić information content (AvgIpc) is 2.58. The fraction of sp³-hybridized carbons (Fsp3) is 0.526. The van der Waals surface area contributed by atoms with Crippen LogP contribution in [0.1, 0.15) is 57.7 Å². The lowest BCUT2D eigenvalue weighted by Crippen LogP contribution is -2.40. The van der Waals surface area contributed by atoms with Crippen LogP contribution >= 0.6 is 0 Å². The van der Waals surface area contributed by atoms with Gasteiger partial charge < -0.3 is 5.32 Å². The van der Waals surface area contributed by atoms with Crippen LogP contribution in [-0.2, 0) is 11.3 Å². The first kappa shape index (κ1) is 16.7. The van der Waals surface area contributed by atoms with Crippen molar-refractivity contribution < 1.29 is 4.79 Å². The maximum Gasteiger partial charge on any atom is 0.261 e. The van der Waals surface area contributed by atoms with Crippen LogP contribution in [0.4, 0.5) is 0 Å². The monoisotopic (exact) mass is 327 g/mol. The first-order chi connectivity index (χ1) is 11.6. The van der Waals surface area contributed by atoms with Crippen molar-refractivity contribution in [2.24, 2.45) is 0 Å². The van der Waals surface area contributed by atoms with Crippen LogP contribution in [-0.4, -0.2) is 21.5 Å². The summed E-state index contributed by atoms with van der Waals surface area (Å²) in [7, 11) is 0. The van der Waals surface area contributed by atoms with Gasteiger partial charge in [-0.2, -0.15) is 0 Å². The summed E-state index contributed by atoms with van der Waals surface area (Å²) < 4.78 is 1.53. The molecular weight excluding hydrogens is 302 g/mol. The number of amides is 1. The minimum atomic E-state index is -0.136. The highest BCUT2D eigenvalue weighted by atomic mass is 16.2. The number of nitrogens with zero attached hydrogens (tertiary/aromatic N) is 2. The summed E-state index contributed by atoms with van der Waals surface area (Å²) in [5.41, 5.74) is 0.554. The van der Waals surface area contributed by atoms with Crippen molar-refractivity contribution in [2.45, 2.75) is 64.5 Å². The van der Waals surface area contributed by atoms with E-state index in [0.717, 1.165) is 12.8 Å². The zero-order valence-electron chi connectivity index (χ0n) is 14.4. The number of fused-ring (bicyclic) bond motifs is 1. The highest BCUT2D eigenvalue weighted by Crippen LogP contribution is 2.18. The Morgan fingerprint density at radius 1 is 1.25 bits per heavy atom. The smallest absolute Gasteiger partial charge is 0.261 e. The van der Waals surface area contributed by atoms with E-state index in [1.54, 1.807) is 6.07 Å². The molecule has 1 fully saturated rings. The Kier molecular flexibility index (Phi) is 4.97. The lowest BCUT2D eigenvalue weighted by Gasteiger charge is -2.23. The van der Waals surface area contributed by atoms with Gasteiger partial charge in [-0.15, -0.1) is 0 Å². The number of hydrogen-bond acceptors (Lipinski definition) is 3. The highest BCUT2D eigenvalue weighted by Gasteiger charge is 2.19. The fourth-order valence-corrected chi connectivity index (χ4v) is 3.44. The van der Waals surface area contributed by atoms with E-state index in [-0.39, 0.29) is 30.0 Å². The van der Waals surface area contributed by atoms with Gasteiger partial charge >= 0.3 is 0 Å². The van der Waals surface area contributed by atoms with Crippen LogP contribution in [0.25, 0.3) is 10.9 Å². The van der Waals surface area contributed by atoms with E-state index in [4.69, 9.17) is 0 Å². The van der Waals surface area contributed by atoms with Crippen LogP contribution in [0.2, 0.25) is 0 Å². The Labute approximate surface area is 142 Å². The van der Waals surface area contributed by atoms with Crippen LogP contribution in [0.3, 0.4) is 0 Å². The summed E-state index contributed by atoms with van der Waals surface area (Å²) in [5, 5.41) is 3.64. The van der Waals surface area contributed by atoms with E-state index < -0.39 is 0 Å². The van der Waals surface area contributed by atoms with Gasteiger partial charge in [-0.3, -0.25) is 14.2 Å². The van der Waals surface area contributed by atoms with Crippen molar-refractivity contribution in [1.29, 1.82) is 0 Å². The molecule has 1 saturated carbocycles. The van der Waals surface area contributed by atoms with E-state index in [2.05, 4.69) is 10.3 Å². The molecule has 0 bridgehead atoms. The molecule has 1 aliphatic rings. The van der Waals surface area contributed by atoms with Gasteiger partial charge in [-0.25, -0.2) is 4.98 Å². The van der Waals surface area contributed by atoms with Crippen LogP contribution in [0, 0.1) is 0 Å². The molecule has 0 radical (unpaired) electrons. The maximum absolute atomic E-state index is 12.8. The van der Waals surface area contributed by atoms with E-state index in [9.17, 15) is 9.59 Å². The Hall–Kier alpha value is -2.17. The van der Waals surface area contributed by atoms with Gasteiger partial charge in [0.15, 0.2) is 0 Å². The Morgan fingerprint density at radius 3 is 2.67 bits per heavy atom. The molecule has 128 valence electrons. The molecule has 1 amide bonds. The van der Waals surface area contributed by atoms with E-state index in [0.29, 0.717) is 16.7 Å². The molecule has 1 aliphatic carbocycles. The van der Waals surface area contributed by atoms with Crippen LogP contribution in [0.15, 0.2) is 29.1 Å². The predicted molar refractivity (Wildman–Crippen MR) is 95.1 cm³/mol. The third-order valence-electron chi connectivity index (χ3n) is 4.68. The number of carbonyl (C=O) groups excluding carboxylic acids is 1. The number of nitrogens with one attached hydrogen (secondary N) is 1. The molecule has 0 aliphatic heterocycles. The minimum Gasteiger partial charge on any atom is -0.352 e. The number of hydrogen-bond donors (Lipinski definition) is 1. The van der Waals surface area contributed by atoms with Gasteiger partial charge in [0.25, 0.3) is 5.56 Å². The molecule has 1 heterocycles. The molecule has 1 N–H and O–H groups in total. The zero-order chi connectivity index (χ0) is 17.1. The van der Waals surface area contributed by atoms with Gasteiger partial charge in [0.2, 0.25) is 5.91 Å². The van der Waals surface area contributed by atoms with Gasteiger partial charge in [-0.05, 0) is 25.0 Å². The van der Waals surface area contributed by atoms with Crippen molar-refractivity contribution in [3.63, 3.8) is 0 Å². The standard InChI is InChI=1S/C19H25N3O2/c1-13(2)18-21-16-11-7-6-10-15(16)19(24)22(18)12-17(23)20-14-8-4-3-5-9-14/h6-7,10-11,13-14H,3-5,8-9,12H2,1-2H3,(H,20,23). The third kappa shape index (κ3) is 3.50. The maximum atomic E-state index is 12.8. The lowest BCUT2D eigenvalue weighted by molar-refractivity contribution is -0.122. The first-order valence-corrected chi connectivity index (χ1v) is 8.85. The molecular formula is C19H25N3O2. The Bertz CT molecular complexity index is 789. The second kappa shape index (κ2) is 7.16. The average molecular weight is 327 g/mol. The Balaban J connectivity index is 1.89. The molecule has 1 aromatic heterocycles. The number of carbonyl (C=O) groups is 1. The van der Waals surface area contributed by atoms with Crippen molar-refractivity contribution in [3.05, 3.63) is 40.4 Å². The molecule has 5 nitrogen and oxygen atoms in total. The molecule has 0 spiro atoms. The van der Waals surface area contributed by atoms with E-state index in [1.807, 2.05) is 32.0 Å². The summed E-state index contributed by atoms with van der Waals surface area (Å²) in [6.45, 7) is 4.03. The lowest BCUT2D eigenvalue weighted by atomic mass is 9.95. The van der Waals surface area contributed by atoms with Gasteiger partial charge in [-0.1, -0.05) is 45.2 Å². The zero-order valence-corrected chi connectivity index (χ0v) is 14.4. The van der Waals surface area contributed by atoms with Crippen LogP contribution < -0.4 is 10.9 Å². The summed E-state index contributed by atoms with van der Waals surface area (Å²) in [6.07, 6.45) is 5.65. The molecule has 3 rings (SSSR count). The molecule has 0 saturated heterocycles. The predicted octanol–water partition coefficient (Wildman–Crippen LogP) is 2.97. The number of para-hydroxylation sites is 1. The Morgan fingerprint density at radius 2 is 1.96 bits per heavy atom. The van der Waals surface area contributed by atoms with Crippen molar-refractivity contribution in [3.8, 4) is 0 Å². The van der Waals surface area contributed by atoms with Crippen LogP contribution in [0.5, 0.6) is 0 Å². The minimum absolute atomic E-state index is 0.0423. The first-order valence-electron chi connectivity index (χ1n) is 8.85. The summed E-state index contributed by atoms with van der Waals surface area (Å²) in [4.78, 5) is 29.9. The summed E-state index contributed by atoms with van der Waals surface area (Å²) >= 11 is 0. The van der Waals surface area contributed by atoms with Crippen molar-refractivity contribution in [2.75, 3.05) is 0 Å². The van der Waals surface area contributed by atoms with Gasteiger partial charge in [0.05, 0.1) is 10.9 Å². The van der Waals surface area contributed by atoms with Crippen molar-refractivity contribution >= 4 is 16.8 Å². The van der Waals surface area contributed by atoms with E-state index in [1.165, 1.54) is 23.8 Å². The number of aromatic nitrogens is 2. The summed E-state index contributed by atoms with van der Waals surface area (Å²) in [6, 6.07) is 7.56. The normalized spacial score (nSPS) is 15.8. The number of rotatable bonds is 4. The summed E-state index contributed by atoms with van der Waals surface area (Å²) in [5.74, 6) is 0.644. The second-order valence-electron chi connectivity index (χ2n) is 6.94. The quantitative estimate of drug-likeness (QED) is 0.939. The molecule has 24 heavy (non-hydrogen) atoms. The topological polar surface area (TPSA) is 64.0 Å². The fourth-order valence-electron chi connectivity index (χ4n) is 3.44. The molecule has 2 aromatic rings. The van der Waals surface area contributed by atoms with E-state index >= 15 is 0 Å². The largest absolute Gasteiger partial charge is 0.352 e. The molecule has 0 unspecified atom stereocenters. The molecule has 0 atom stereocenters. The third-order valence-corrected chi connectivity index (χ3v) is 4.68. The highest BCUT2D eigenvalue weighted by molar-refractivity contribution is 5.79. The van der Waals surface area contributed by atoms with Crippen molar-refractivity contribution in [1.82, 2.24) is 14.9 Å². The SMILES string of the molecule is CC(C)c1nc2ccccc2c(=O)n1CC(=O)NC1CCCCC1. The second-order valence-corrected chi connectivity index (χ2v) is 6.94. The van der Waals surface area contributed by atoms with Gasteiger partial charge in [0.1, 0.15) is 12.4 Å². The van der Waals surface area contributed by atoms with Gasteiger partial charge in [0, 0.05) is 12.0 Å². The molecule has 1 aromatic carbocycles. The molecule has 5 heteroatoms.